The zero-order valence-corrected chi connectivity index (χ0v) is 13.8. The zero-order valence-electron chi connectivity index (χ0n) is 12.9. The van der Waals surface area contributed by atoms with Crippen molar-refractivity contribution < 1.29 is 13.8 Å². The Balaban J connectivity index is 2.07. The highest BCUT2D eigenvalue weighted by Gasteiger charge is 2.29. The zero-order chi connectivity index (χ0) is 15.8. The fraction of sp³-hybridized carbons (Fsp3) is 0.222. The number of benzene rings is 2. The predicted octanol–water partition coefficient (Wildman–Crippen LogP) is 3.75. The molecule has 4 heteroatoms. The Morgan fingerprint density at radius 2 is 1.77 bits per heavy atom. The predicted molar refractivity (Wildman–Crippen MR) is 90.5 cm³/mol. The molecule has 0 fully saturated rings. The lowest BCUT2D eigenvalue weighted by Gasteiger charge is -2.28. The summed E-state index contributed by atoms with van der Waals surface area (Å²) < 4.78 is 24.7. The van der Waals surface area contributed by atoms with Crippen LogP contribution in [-0.2, 0) is 9.09 Å². The van der Waals surface area contributed by atoms with Crippen molar-refractivity contribution in [2.45, 2.75) is 19.4 Å². The van der Waals surface area contributed by atoms with Crippen LogP contribution in [0.5, 0.6) is 5.75 Å². The third kappa shape index (κ3) is 2.63. The average molecular weight is 314 g/mol. The highest BCUT2D eigenvalue weighted by Crippen LogP contribution is 2.45. The van der Waals surface area contributed by atoms with Crippen LogP contribution in [0, 0.1) is 0 Å². The second-order valence-corrected chi connectivity index (χ2v) is 8.33. The van der Waals surface area contributed by atoms with Gasteiger partial charge in [0.05, 0.1) is 0 Å². The molecule has 0 N–H and O–H groups in total. The van der Waals surface area contributed by atoms with Gasteiger partial charge >= 0.3 is 0 Å². The molecule has 2 aromatic carbocycles. The maximum atomic E-state index is 13.3. The van der Waals surface area contributed by atoms with E-state index in [0.717, 1.165) is 11.3 Å². The van der Waals surface area contributed by atoms with Gasteiger partial charge in [-0.3, -0.25) is 4.57 Å². The summed E-state index contributed by atoms with van der Waals surface area (Å²) in [6, 6.07) is 14.9. The van der Waals surface area contributed by atoms with Gasteiger partial charge in [-0.25, -0.2) is 0 Å². The van der Waals surface area contributed by atoms with Crippen LogP contribution in [0.4, 0.5) is 0 Å². The van der Waals surface area contributed by atoms with Gasteiger partial charge in [0.2, 0.25) is 0 Å². The summed E-state index contributed by atoms with van der Waals surface area (Å²) in [4.78, 5) is 0. The third-order valence-corrected chi connectivity index (χ3v) is 6.17. The molecule has 1 heterocycles. The molecule has 1 aliphatic rings. The average Bonchev–Trinajstić information content (AvgIpc) is 2.53. The normalized spacial score (nSPS) is 18.1. The minimum Gasteiger partial charge on any atom is -0.483 e. The van der Waals surface area contributed by atoms with Gasteiger partial charge in [-0.05, 0) is 50.3 Å². The topological polar surface area (TPSA) is 35.5 Å². The smallest absolute Gasteiger partial charge is 0.261 e. The minimum atomic E-state index is -3.07. The molecule has 0 radical (unpaired) electrons. The van der Waals surface area contributed by atoms with Crippen molar-refractivity contribution in [2.24, 2.45) is 0 Å². The lowest BCUT2D eigenvalue weighted by molar-refractivity contribution is 0.159. The van der Waals surface area contributed by atoms with Crippen LogP contribution in [0.25, 0.3) is 6.08 Å². The van der Waals surface area contributed by atoms with E-state index in [2.05, 4.69) is 0 Å². The van der Waals surface area contributed by atoms with Crippen LogP contribution in [-0.4, -0.2) is 12.7 Å². The van der Waals surface area contributed by atoms with Crippen molar-refractivity contribution in [1.29, 1.82) is 0 Å². The van der Waals surface area contributed by atoms with Crippen LogP contribution >= 0.6 is 7.37 Å². The fourth-order valence-corrected chi connectivity index (χ4v) is 4.40. The monoisotopic (exact) mass is 314 g/mol. The van der Waals surface area contributed by atoms with Crippen molar-refractivity contribution in [3.8, 4) is 5.75 Å². The van der Waals surface area contributed by atoms with Gasteiger partial charge < -0.3 is 9.26 Å². The van der Waals surface area contributed by atoms with Crippen LogP contribution < -0.4 is 15.3 Å². The standard InChI is InChI=1S/C18H19O3P/c1-18(2)12-11-14-13-16(9-10-17(14)21-18)22(19,20-3)15-7-5-4-6-8-15/h4-13H,1-3H3. The summed E-state index contributed by atoms with van der Waals surface area (Å²) in [5.41, 5.74) is 0.601. The first-order chi connectivity index (χ1) is 10.4. The number of fused-ring (bicyclic) bond motifs is 1. The summed E-state index contributed by atoms with van der Waals surface area (Å²) in [5, 5.41) is 1.37. The van der Waals surface area contributed by atoms with E-state index in [4.69, 9.17) is 9.26 Å². The van der Waals surface area contributed by atoms with E-state index in [0.29, 0.717) is 10.6 Å². The maximum absolute atomic E-state index is 13.3. The van der Waals surface area contributed by atoms with E-state index in [-0.39, 0.29) is 5.60 Å². The summed E-state index contributed by atoms with van der Waals surface area (Å²) in [6.45, 7) is 4.01. The van der Waals surface area contributed by atoms with Gasteiger partial charge in [0.1, 0.15) is 11.4 Å². The van der Waals surface area contributed by atoms with Gasteiger partial charge in [-0.2, -0.15) is 0 Å². The van der Waals surface area contributed by atoms with Gasteiger partial charge in [0, 0.05) is 23.3 Å². The molecule has 0 saturated carbocycles. The van der Waals surface area contributed by atoms with E-state index in [9.17, 15) is 4.57 Å². The molecule has 114 valence electrons. The van der Waals surface area contributed by atoms with Crippen molar-refractivity contribution in [2.75, 3.05) is 7.11 Å². The van der Waals surface area contributed by atoms with Crippen LogP contribution in [0.1, 0.15) is 19.4 Å². The largest absolute Gasteiger partial charge is 0.483 e. The van der Waals surface area contributed by atoms with Gasteiger partial charge in [-0.15, -0.1) is 0 Å². The van der Waals surface area contributed by atoms with E-state index in [1.165, 1.54) is 7.11 Å². The maximum Gasteiger partial charge on any atom is 0.261 e. The highest BCUT2D eigenvalue weighted by molar-refractivity contribution is 7.74. The molecular weight excluding hydrogens is 295 g/mol. The van der Waals surface area contributed by atoms with Crippen molar-refractivity contribution >= 4 is 24.1 Å². The molecule has 0 amide bonds. The third-order valence-electron chi connectivity index (χ3n) is 3.72. The Bertz CT molecular complexity index is 763. The molecule has 0 spiro atoms. The molecule has 3 nitrogen and oxygen atoms in total. The molecule has 1 atom stereocenters. The van der Waals surface area contributed by atoms with Gasteiger partial charge in [0.15, 0.2) is 0 Å². The van der Waals surface area contributed by atoms with Crippen molar-refractivity contribution in [3.05, 3.63) is 60.2 Å². The molecule has 1 aliphatic heterocycles. The Hall–Kier alpha value is -1.83. The highest BCUT2D eigenvalue weighted by atomic mass is 31.2. The Labute approximate surface area is 131 Å². The number of rotatable bonds is 3. The van der Waals surface area contributed by atoms with E-state index in [1.54, 1.807) is 0 Å². The molecule has 2 aromatic rings. The molecular formula is C18H19O3P. The first-order valence-electron chi connectivity index (χ1n) is 7.19. The van der Waals surface area contributed by atoms with Crippen LogP contribution in [0.3, 0.4) is 0 Å². The van der Waals surface area contributed by atoms with Gasteiger partial charge in [0.25, 0.3) is 7.37 Å². The second-order valence-electron chi connectivity index (χ2n) is 5.83. The Morgan fingerprint density at radius 3 is 2.45 bits per heavy atom. The molecule has 1 unspecified atom stereocenters. The molecule has 0 aliphatic carbocycles. The molecule has 0 aromatic heterocycles. The lowest BCUT2D eigenvalue weighted by Crippen LogP contribution is -2.28. The van der Waals surface area contributed by atoms with Crippen LogP contribution in [0.2, 0.25) is 0 Å². The SMILES string of the molecule is COP(=O)(c1ccccc1)c1ccc2c(c1)C=CC(C)(C)O2. The fourth-order valence-electron chi connectivity index (χ4n) is 2.53. The molecule has 3 rings (SSSR count). The minimum absolute atomic E-state index is 0.321. The quantitative estimate of drug-likeness (QED) is 0.810. The van der Waals surface area contributed by atoms with Gasteiger partial charge in [-0.1, -0.05) is 24.3 Å². The summed E-state index contributed by atoms with van der Waals surface area (Å²) in [6.07, 6.45) is 4.01. The van der Waals surface area contributed by atoms with Crippen LogP contribution in [0.15, 0.2) is 54.6 Å². The second kappa shape index (κ2) is 5.42. The number of ether oxygens (including phenoxy) is 1. The number of hydrogen-bond acceptors (Lipinski definition) is 3. The molecule has 22 heavy (non-hydrogen) atoms. The summed E-state index contributed by atoms with van der Waals surface area (Å²) in [7, 11) is -1.58. The Morgan fingerprint density at radius 1 is 1.05 bits per heavy atom. The van der Waals surface area contributed by atoms with E-state index >= 15 is 0 Å². The molecule has 0 saturated heterocycles. The first kappa shape index (κ1) is 15.1. The number of hydrogen-bond donors (Lipinski definition) is 0. The van der Waals surface area contributed by atoms with E-state index < -0.39 is 7.37 Å². The lowest BCUT2D eigenvalue weighted by atomic mass is 10.0. The Kier molecular flexibility index (Phi) is 3.72. The van der Waals surface area contributed by atoms with Crippen molar-refractivity contribution in [3.63, 3.8) is 0 Å². The summed E-state index contributed by atoms with van der Waals surface area (Å²) in [5.74, 6) is 0.798. The molecule has 0 bridgehead atoms. The van der Waals surface area contributed by atoms with Crippen molar-refractivity contribution in [1.82, 2.24) is 0 Å². The first-order valence-corrected chi connectivity index (χ1v) is 8.81. The summed E-state index contributed by atoms with van der Waals surface area (Å²) >= 11 is 0. The van der Waals surface area contributed by atoms with E-state index in [1.807, 2.05) is 74.5 Å².